The van der Waals surface area contributed by atoms with Gasteiger partial charge in [-0.3, -0.25) is 9.59 Å². The molecule has 1 unspecified atom stereocenters. The molecule has 0 spiro atoms. The number of carbonyl (C=O) groups excluding carboxylic acids is 2. The van der Waals surface area contributed by atoms with Crippen LogP contribution in [0, 0.1) is 0 Å². The van der Waals surface area contributed by atoms with Gasteiger partial charge in [0.25, 0.3) is 0 Å². The van der Waals surface area contributed by atoms with Crippen LogP contribution in [-0.2, 0) is 26.7 Å². The zero-order valence-electron chi connectivity index (χ0n) is 16.9. The van der Waals surface area contributed by atoms with Gasteiger partial charge in [0.2, 0.25) is 0 Å². The first-order valence-corrected chi connectivity index (χ1v) is 20.3. The summed E-state index contributed by atoms with van der Waals surface area (Å²) in [6.07, 6.45) is -0.140. The van der Waals surface area contributed by atoms with Gasteiger partial charge in [-0.05, 0) is 65.8 Å². The molecule has 0 aliphatic carbocycles. The number of ether oxygens (including phenoxy) is 1. The van der Waals surface area contributed by atoms with Crippen LogP contribution in [0.3, 0.4) is 0 Å². The molecule has 0 aliphatic heterocycles. The van der Waals surface area contributed by atoms with Crippen LogP contribution in [-0.4, -0.2) is 51.7 Å². The smallest absolute Gasteiger partial charge is 0.354 e. The molecule has 0 saturated heterocycles. The summed E-state index contributed by atoms with van der Waals surface area (Å²) in [6.45, 7) is 19.9. The second-order valence-electron chi connectivity index (χ2n) is 8.60. The van der Waals surface area contributed by atoms with Crippen molar-refractivity contribution >= 4 is 45.5 Å². The lowest BCUT2D eigenvalue weighted by molar-refractivity contribution is -0.144. The molecule has 0 fully saturated rings. The van der Waals surface area contributed by atoms with Gasteiger partial charge < -0.3 is 17.1 Å². The Hall–Kier alpha value is -0.112. The Morgan fingerprint density at radius 1 is 0.750 bits per heavy atom. The molecule has 1 atom stereocenters. The first-order valence-electron chi connectivity index (χ1n) is 8.19. The summed E-state index contributed by atoms with van der Waals surface area (Å²) in [5.41, 5.74) is 0. The fraction of sp³-hybridized carbons (Fsp3) is 0.857. The Bertz CT molecular complexity index is 455. The van der Waals surface area contributed by atoms with Crippen molar-refractivity contribution in [2.75, 3.05) is 6.23 Å². The van der Waals surface area contributed by atoms with Crippen molar-refractivity contribution < 1.29 is 26.7 Å². The topological polar surface area (TPSA) is 71.1 Å². The second-order valence-corrected chi connectivity index (χ2v) is 24.9. The van der Waals surface area contributed by atoms with Crippen molar-refractivity contribution in [2.45, 2.75) is 72.3 Å². The Balaban J connectivity index is 5.14. The van der Waals surface area contributed by atoms with E-state index in [2.05, 4.69) is 39.3 Å². The van der Waals surface area contributed by atoms with Crippen molar-refractivity contribution in [1.82, 2.24) is 0 Å². The molecule has 0 saturated carbocycles. The fourth-order valence-corrected chi connectivity index (χ4v) is 19.7. The first-order chi connectivity index (χ1) is 10.4. The average Bonchev–Trinajstić information content (AvgIpc) is 2.17. The van der Waals surface area contributed by atoms with E-state index in [4.69, 9.17) is 17.1 Å². The van der Waals surface area contributed by atoms with Crippen LogP contribution in [0.15, 0.2) is 0 Å². The van der Waals surface area contributed by atoms with Gasteiger partial charge in [0, 0.05) is 0 Å². The highest BCUT2D eigenvalue weighted by Crippen LogP contribution is 2.24. The predicted octanol–water partition coefficient (Wildman–Crippen LogP) is 3.54. The molecule has 0 rings (SSSR count). The number of rotatable bonds is 10. The third-order valence-electron chi connectivity index (χ3n) is 2.42. The van der Waals surface area contributed by atoms with Gasteiger partial charge >= 0.3 is 23.1 Å². The maximum Gasteiger partial charge on any atom is 0.354 e. The molecule has 6 nitrogen and oxygen atoms in total. The molecule has 0 amide bonds. The molecule has 0 N–H and O–H groups in total. The van der Waals surface area contributed by atoms with E-state index in [1.165, 1.54) is 6.92 Å². The number of hydrogen-bond donors (Lipinski definition) is 0. The zero-order valence-corrected chi connectivity index (χ0v) is 20.9. The summed E-state index contributed by atoms with van der Waals surface area (Å²) in [7, 11) is -8.84. The van der Waals surface area contributed by atoms with Crippen molar-refractivity contribution in [3.05, 3.63) is 0 Å². The van der Waals surface area contributed by atoms with E-state index in [1.54, 1.807) is 0 Å². The standard InChI is InChI=1S/C14H34O6Si4/c1-13(15)11-14(16)17-12-24(10,19-22(5,6)7)20-23(8,9)18-21(2,3)4/h11-12H2,1-10H3. The van der Waals surface area contributed by atoms with Crippen LogP contribution in [0.4, 0.5) is 0 Å². The molecular weight excluding hydrogens is 376 g/mol. The van der Waals surface area contributed by atoms with Crippen molar-refractivity contribution in [3.63, 3.8) is 0 Å². The Kier molecular flexibility index (Phi) is 8.47. The summed E-state index contributed by atoms with van der Waals surface area (Å²) >= 11 is 0. The minimum Gasteiger partial charge on any atom is -0.463 e. The highest BCUT2D eigenvalue weighted by Gasteiger charge is 2.45. The monoisotopic (exact) mass is 410 g/mol. The van der Waals surface area contributed by atoms with Crippen molar-refractivity contribution in [1.29, 1.82) is 0 Å². The summed E-state index contributed by atoms with van der Waals surface area (Å²) in [4.78, 5) is 22.8. The van der Waals surface area contributed by atoms with Gasteiger partial charge in [-0.25, -0.2) is 0 Å². The molecule has 0 bridgehead atoms. The van der Waals surface area contributed by atoms with E-state index in [-0.39, 0.29) is 18.4 Å². The third kappa shape index (κ3) is 12.3. The number of Topliss-reactive ketones (excluding diaryl/α,β-unsaturated/α-hetero) is 1. The molecule has 10 heteroatoms. The molecule has 142 valence electrons. The molecule has 0 heterocycles. The number of carbonyl (C=O) groups is 2. The normalized spacial score (nSPS) is 15.8. The van der Waals surface area contributed by atoms with Crippen LogP contribution in [0.1, 0.15) is 13.3 Å². The Labute approximate surface area is 151 Å². The molecule has 0 aromatic rings. The average molecular weight is 411 g/mol. The van der Waals surface area contributed by atoms with E-state index in [1.807, 2.05) is 19.6 Å². The molecule has 0 aliphatic rings. The maximum absolute atomic E-state index is 11.7. The van der Waals surface area contributed by atoms with Crippen LogP contribution >= 0.6 is 0 Å². The van der Waals surface area contributed by atoms with E-state index < -0.39 is 39.7 Å². The minimum atomic E-state index is -2.77. The van der Waals surface area contributed by atoms with Gasteiger partial charge in [-0.1, -0.05) is 0 Å². The molecule has 0 radical (unpaired) electrons. The van der Waals surface area contributed by atoms with Crippen LogP contribution < -0.4 is 0 Å². The molecular formula is C14H34O6Si4. The van der Waals surface area contributed by atoms with Crippen LogP contribution in [0.2, 0.25) is 58.9 Å². The molecule has 0 aromatic carbocycles. The molecule has 24 heavy (non-hydrogen) atoms. The quantitative estimate of drug-likeness (QED) is 0.312. The van der Waals surface area contributed by atoms with Gasteiger partial charge in [0.15, 0.2) is 16.6 Å². The third-order valence-corrected chi connectivity index (χ3v) is 15.4. The summed E-state index contributed by atoms with van der Waals surface area (Å²) < 4.78 is 24.2. The second kappa shape index (κ2) is 8.51. The van der Waals surface area contributed by atoms with E-state index in [0.717, 1.165) is 0 Å². The Morgan fingerprint density at radius 3 is 1.58 bits per heavy atom. The highest BCUT2D eigenvalue weighted by atomic mass is 28.5. The number of hydrogen-bond acceptors (Lipinski definition) is 6. The fourth-order valence-electron chi connectivity index (χ4n) is 2.47. The lowest BCUT2D eigenvalue weighted by Gasteiger charge is -2.40. The van der Waals surface area contributed by atoms with E-state index >= 15 is 0 Å². The van der Waals surface area contributed by atoms with E-state index in [9.17, 15) is 9.59 Å². The molecule has 0 aromatic heterocycles. The lowest BCUT2D eigenvalue weighted by atomic mass is 10.3. The summed E-state index contributed by atoms with van der Waals surface area (Å²) in [5.74, 6) is -0.748. The predicted molar refractivity (Wildman–Crippen MR) is 105 cm³/mol. The summed E-state index contributed by atoms with van der Waals surface area (Å²) in [6, 6.07) is 0. The van der Waals surface area contributed by atoms with Gasteiger partial charge in [0.05, 0.1) is 0 Å². The largest absolute Gasteiger partial charge is 0.463 e. The minimum absolute atomic E-state index is 0.0782. The summed E-state index contributed by atoms with van der Waals surface area (Å²) in [5, 5.41) is 0. The van der Waals surface area contributed by atoms with Crippen LogP contribution in [0.25, 0.3) is 0 Å². The maximum atomic E-state index is 11.7. The van der Waals surface area contributed by atoms with Crippen molar-refractivity contribution in [2.24, 2.45) is 0 Å². The Morgan fingerprint density at radius 2 is 1.21 bits per heavy atom. The lowest BCUT2D eigenvalue weighted by Crippen LogP contribution is -2.59. The highest BCUT2D eigenvalue weighted by molar-refractivity contribution is 6.89. The SMILES string of the molecule is CC(=O)CC(=O)OC[Si](C)(O[Si](C)(C)C)O[Si](C)(C)O[Si](C)(C)C. The zero-order chi connectivity index (χ0) is 19.4. The van der Waals surface area contributed by atoms with Gasteiger partial charge in [-0.15, -0.1) is 0 Å². The number of ketones is 1. The van der Waals surface area contributed by atoms with Gasteiger partial charge in [0.1, 0.15) is 18.4 Å². The van der Waals surface area contributed by atoms with Crippen molar-refractivity contribution in [3.8, 4) is 0 Å². The number of esters is 1. The van der Waals surface area contributed by atoms with E-state index in [0.29, 0.717) is 0 Å². The van der Waals surface area contributed by atoms with Crippen LogP contribution in [0.5, 0.6) is 0 Å². The van der Waals surface area contributed by atoms with Gasteiger partial charge in [-0.2, -0.15) is 0 Å². The first kappa shape index (κ1) is 23.9.